The van der Waals surface area contributed by atoms with Gasteiger partial charge in [0.2, 0.25) is 0 Å². The molecular weight excluding hydrogens is 666 g/mol. The number of carbonyl (C=O) groups is 5. The zero-order valence-electron chi connectivity index (χ0n) is 31.3. The maximum atomic E-state index is 10.1. The summed E-state index contributed by atoms with van der Waals surface area (Å²) in [6.07, 6.45) is 0.852. The summed E-state index contributed by atoms with van der Waals surface area (Å²) in [5.41, 5.74) is -2.97. The van der Waals surface area contributed by atoms with Crippen molar-refractivity contribution in [2.45, 2.75) is 56.2 Å². The van der Waals surface area contributed by atoms with Crippen molar-refractivity contribution in [3.63, 3.8) is 0 Å². The molecule has 50 heavy (non-hydrogen) atoms. The number of carbonyl (C=O) groups excluding carboxylic acids is 3. The second kappa shape index (κ2) is 27.7. The normalized spacial score (nSPS) is 16.9. The van der Waals surface area contributed by atoms with Crippen LogP contribution in [0.4, 0.5) is 0 Å². The number of nitrogens with one attached hydrogen (secondary N) is 2. The smallest absolute Gasteiger partial charge is 0.320 e. The Kier molecular flexibility index (Phi) is 29.8. The molecule has 0 radical (unpaired) electrons. The third-order valence-corrected chi connectivity index (χ3v) is 6.28. The van der Waals surface area contributed by atoms with E-state index in [1.54, 1.807) is 0 Å². The Balaban J connectivity index is -0.000000258. The van der Waals surface area contributed by atoms with E-state index in [9.17, 15) is 39.3 Å². The molecule has 2 atom stereocenters. The van der Waals surface area contributed by atoms with E-state index in [4.69, 9.17) is 30.6 Å². The zero-order chi connectivity index (χ0) is 40.4. The lowest BCUT2D eigenvalue weighted by molar-refractivity contribution is -0.870. The van der Waals surface area contributed by atoms with Crippen molar-refractivity contribution < 1.29 is 83.4 Å². The number of rotatable bonds is 13. The summed E-state index contributed by atoms with van der Waals surface area (Å²) in [4.78, 5) is 50.3. The Labute approximate surface area is 296 Å². The van der Waals surface area contributed by atoms with Gasteiger partial charge in [0.25, 0.3) is 0 Å². The highest BCUT2D eigenvalue weighted by atomic mass is 16.4. The Bertz CT molecular complexity index is 871. The summed E-state index contributed by atoms with van der Waals surface area (Å²) in [7, 11) is 18.5. The Morgan fingerprint density at radius 2 is 0.860 bits per heavy atom. The van der Waals surface area contributed by atoms with Gasteiger partial charge in [0.15, 0.2) is 0 Å². The van der Waals surface area contributed by atoms with Crippen molar-refractivity contribution in [3.05, 3.63) is 0 Å². The van der Waals surface area contributed by atoms with Crippen molar-refractivity contribution >= 4 is 29.8 Å². The summed E-state index contributed by atoms with van der Waals surface area (Å²) in [6.45, 7) is 5.06. The fourth-order valence-corrected chi connectivity index (χ4v) is 3.38. The number of hydrogen-bond donors (Lipinski definition) is 8. The molecule has 0 saturated carbocycles. The second-order valence-electron chi connectivity index (χ2n) is 14.6. The summed E-state index contributed by atoms with van der Waals surface area (Å²) >= 11 is 0. The molecule has 0 amide bonds. The van der Waals surface area contributed by atoms with Crippen LogP contribution < -0.4 is 26.0 Å². The van der Waals surface area contributed by atoms with Crippen LogP contribution in [0.5, 0.6) is 0 Å². The number of aliphatic carboxylic acids is 5. The van der Waals surface area contributed by atoms with Gasteiger partial charge in [0.1, 0.15) is 37.3 Å². The van der Waals surface area contributed by atoms with Gasteiger partial charge in [-0.15, -0.1) is 0 Å². The fourth-order valence-electron chi connectivity index (χ4n) is 3.38. The minimum Gasteiger partial charge on any atom is -0.550 e. The molecule has 2 fully saturated rings. The molecule has 19 heteroatoms. The number of carboxylic acids is 5. The van der Waals surface area contributed by atoms with Crippen molar-refractivity contribution in [2.24, 2.45) is 0 Å². The zero-order valence-corrected chi connectivity index (χ0v) is 31.3. The molecule has 2 saturated heterocycles. The molecule has 0 aliphatic carbocycles. The highest BCUT2D eigenvalue weighted by Crippen LogP contribution is 2.13. The lowest BCUT2D eigenvalue weighted by Crippen LogP contribution is -2.54. The first-order valence-corrected chi connectivity index (χ1v) is 16.1. The first-order chi connectivity index (χ1) is 22.6. The van der Waals surface area contributed by atoms with Gasteiger partial charge in [-0.25, -0.2) is 0 Å². The van der Waals surface area contributed by atoms with Crippen molar-refractivity contribution in [2.75, 3.05) is 116 Å². The number of likely N-dealkylation sites (N-methyl/N-ethyl adjacent to an activating group) is 3. The molecule has 298 valence electrons. The number of quaternary nitrogens is 3. The first kappa shape index (κ1) is 53.8. The highest BCUT2D eigenvalue weighted by Gasteiger charge is 2.29. The maximum absolute atomic E-state index is 10.1. The summed E-state index contributed by atoms with van der Waals surface area (Å²) in [5.74, 6) is -7.42. The molecule has 2 rings (SSSR count). The van der Waals surface area contributed by atoms with Crippen LogP contribution in [0.15, 0.2) is 0 Å². The highest BCUT2D eigenvalue weighted by molar-refractivity contribution is 5.86. The molecule has 8 N–H and O–H groups in total. The molecule has 2 aliphatic rings. The van der Waals surface area contributed by atoms with Crippen LogP contribution in [0.2, 0.25) is 0 Å². The lowest BCUT2D eigenvalue weighted by atomic mass is 9.96. The van der Waals surface area contributed by atoms with E-state index < -0.39 is 48.3 Å². The Morgan fingerprint density at radius 3 is 0.940 bits per heavy atom. The van der Waals surface area contributed by atoms with E-state index in [1.807, 2.05) is 0 Å². The van der Waals surface area contributed by atoms with Crippen LogP contribution in [0, 0.1) is 0 Å². The van der Waals surface area contributed by atoms with Crippen LogP contribution in [0.3, 0.4) is 0 Å². The lowest BCUT2D eigenvalue weighted by Gasteiger charge is -2.29. The van der Waals surface area contributed by atoms with Crippen molar-refractivity contribution in [3.8, 4) is 0 Å². The van der Waals surface area contributed by atoms with Gasteiger partial charge in [0.05, 0.1) is 89.2 Å². The monoisotopic (exact) mass is 731 g/mol. The average Bonchev–Trinajstić information content (AvgIpc) is 3.63. The summed E-state index contributed by atoms with van der Waals surface area (Å²) in [6, 6.07) is -0.537. The van der Waals surface area contributed by atoms with Gasteiger partial charge in [-0.2, -0.15) is 0 Å². The molecule has 2 aliphatic heterocycles. The standard InChI is InChI=1S/C6H8O7.2C5H9NO2.3C5H14NO/c7-3(8)1-6(13,5(11)12)2-4(9)10;2*7-5(8)4-2-1-3-6-4;3*1-6(2,3)4-5-7/h13H,1-2H2,(H,7,8)(H,9,10)(H,11,12);2*4,6H,1-3H2,(H,7,8);3*7H,4-5H2,1-3H3/q;;;3*+1/p-3/t;2*4-;;;/m.00.../s1. The Hall–Kier alpha value is -3.01. The van der Waals surface area contributed by atoms with Crippen LogP contribution in [-0.4, -0.2) is 208 Å². The molecule has 0 spiro atoms. The average molecular weight is 732 g/mol. The van der Waals surface area contributed by atoms with Gasteiger partial charge in [-0.3, -0.25) is 9.59 Å². The Morgan fingerprint density at radius 1 is 0.600 bits per heavy atom. The molecule has 0 aromatic carbocycles. The van der Waals surface area contributed by atoms with E-state index in [0.717, 1.165) is 71.9 Å². The molecule has 0 bridgehead atoms. The van der Waals surface area contributed by atoms with E-state index >= 15 is 0 Å². The number of carboxylic acid groups (broad SMARTS) is 5. The van der Waals surface area contributed by atoms with Gasteiger partial charge in [0, 0.05) is 24.8 Å². The van der Waals surface area contributed by atoms with Gasteiger partial charge < -0.3 is 84.4 Å². The molecule has 0 aromatic heterocycles. The van der Waals surface area contributed by atoms with E-state index in [1.165, 1.54) is 0 Å². The van der Waals surface area contributed by atoms with Crippen molar-refractivity contribution in [1.29, 1.82) is 0 Å². The molecule has 19 nitrogen and oxygen atoms in total. The number of hydrogen-bond acceptors (Lipinski definition) is 14. The minimum atomic E-state index is -2.97. The molecular formula is C31H65N5O14. The summed E-state index contributed by atoms with van der Waals surface area (Å²) in [5, 5.41) is 86.5. The van der Waals surface area contributed by atoms with E-state index in [-0.39, 0.29) is 31.9 Å². The maximum Gasteiger partial charge on any atom is 0.320 e. The molecule has 0 unspecified atom stereocenters. The van der Waals surface area contributed by atoms with Crippen LogP contribution in [0.25, 0.3) is 0 Å². The van der Waals surface area contributed by atoms with E-state index in [0.29, 0.717) is 0 Å². The third-order valence-electron chi connectivity index (χ3n) is 6.28. The predicted molar refractivity (Wildman–Crippen MR) is 176 cm³/mol. The van der Waals surface area contributed by atoms with Crippen LogP contribution >= 0.6 is 0 Å². The van der Waals surface area contributed by atoms with Crippen molar-refractivity contribution in [1.82, 2.24) is 10.6 Å². The van der Waals surface area contributed by atoms with E-state index in [2.05, 4.69) is 74.1 Å². The topological polar surface area (TPSA) is 300 Å². The quantitative estimate of drug-likeness (QED) is 0.0817. The first-order valence-electron chi connectivity index (χ1n) is 16.1. The van der Waals surface area contributed by atoms with Crippen LogP contribution in [-0.2, 0) is 24.0 Å². The number of nitrogens with zero attached hydrogens (tertiary/aromatic N) is 3. The molecule has 0 aromatic rings. The summed E-state index contributed by atoms with van der Waals surface area (Å²) < 4.78 is 2.53. The van der Waals surface area contributed by atoms with Crippen LogP contribution in [0.1, 0.15) is 38.5 Å². The largest absolute Gasteiger partial charge is 0.550 e. The number of aliphatic hydroxyl groups is 4. The number of aliphatic hydroxyl groups excluding tert-OH is 3. The molecule has 2 heterocycles. The van der Waals surface area contributed by atoms with Gasteiger partial charge in [-0.1, -0.05) is 0 Å². The minimum absolute atomic E-state index is 0.269. The second-order valence-corrected chi connectivity index (χ2v) is 14.6. The van der Waals surface area contributed by atoms with Gasteiger partial charge >= 0.3 is 11.9 Å². The SMILES string of the molecule is C[N+](C)(C)CCO.C[N+](C)(C)CCO.C[N+](C)(C)CCO.O=C(O)[C@@H]1CCCN1.O=C(O)[C@@H]1CCCN1.O=C([O-])CC(O)(CC(=O)[O-])C(=O)[O-]. The predicted octanol–water partition coefficient (Wildman–Crippen LogP) is -6.55. The third kappa shape index (κ3) is 39.4. The fraction of sp³-hybridized carbons (Fsp3) is 0.839. The van der Waals surface area contributed by atoms with Gasteiger partial charge in [-0.05, 0) is 38.8 Å².